The highest BCUT2D eigenvalue weighted by atomic mass is 16.5. The largest absolute Gasteiger partial charge is 0.493 e. The Labute approximate surface area is 217 Å². The molecule has 1 fully saturated rings. The molecule has 0 N–H and O–H groups in total. The number of terminal acetylenes is 1. The summed E-state index contributed by atoms with van der Waals surface area (Å²) in [6.07, 6.45) is 5.89. The van der Waals surface area contributed by atoms with Crippen molar-refractivity contribution in [3.63, 3.8) is 0 Å². The van der Waals surface area contributed by atoms with Gasteiger partial charge in [0, 0.05) is 26.2 Å². The average molecular weight is 496 g/mol. The first-order chi connectivity index (χ1) is 18.0. The summed E-state index contributed by atoms with van der Waals surface area (Å²) in [7, 11) is 3.12. The van der Waals surface area contributed by atoms with E-state index in [-0.39, 0.29) is 24.4 Å². The van der Waals surface area contributed by atoms with Crippen molar-refractivity contribution < 1.29 is 19.1 Å². The first-order valence-electron chi connectivity index (χ1n) is 12.3. The van der Waals surface area contributed by atoms with Gasteiger partial charge in [0.15, 0.2) is 11.5 Å². The summed E-state index contributed by atoms with van der Waals surface area (Å²) in [5, 5.41) is 0. The number of hydrogen-bond donors (Lipinski definition) is 0. The highest BCUT2D eigenvalue weighted by molar-refractivity contribution is 6.23. The topological polar surface area (TPSA) is 62.3 Å². The Kier molecular flexibility index (Phi) is 6.85. The third-order valence-electron chi connectivity index (χ3n) is 7.06. The fourth-order valence-electron chi connectivity index (χ4n) is 5.15. The van der Waals surface area contributed by atoms with E-state index in [1.54, 1.807) is 32.4 Å². The van der Waals surface area contributed by atoms with Gasteiger partial charge in [0.05, 0.1) is 43.6 Å². The van der Waals surface area contributed by atoms with Gasteiger partial charge >= 0.3 is 0 Å². The summed E-state index contributed by atoms with van der Waals surface area (Å²) in [6.45, 7) is 3.08. The molecule has 2 heterocycles. The standard InChI is InChI=1S/C30H29N3O4/c1-4-24(22-9-6-5-7-10-22)31-15-17-32(18-16-31)25-12-8-11-23-28(25)30(35)33(29(23)34)20-21-13-14-26(36-2)27(19-21)37-3/h1,5-14,19,24H,15-18,20H2,2-3H3. The molecule has 0 radical (unpaired) electrons. The van der Waals surface area contributed by atoms with E-state index in [1.807, 2.05) is 36.4 Å². The van der Waals surface area contributed by atoms with Crippen molar-refractivity contribution in [2.45, 2.75) is 12.6 Å². The van der Waals surface area contributed by atoms with Crippen molar-refractivity contribution in [3.8, 4) is 23.8 Å². The highest BCUT2D eigenvalue weighted by Crippen LogP contribution is 2.35. The van der Waals surface area contributed by atoms with Crippen LogP contribution in [0, 0.1) is 12.3 Å². The van der Waals surface area contributed by atoms with Crippen molar-refractivity contribution in [2.24, 2.45) is 0 Å². The molecule has 7 heteroatoms. The molecule has 188 valence electrons. The molecule has 0 spiro atoms. The number of fused-ring (bicyclic) bond motifs is 1. The van der Waals surface area contributed by atoms with E-state index in [9.17, 15) is 9.59 Å². The van der Waals surface area contributed by atoms with Crippen LogP contribution in [0.1, 0.15) is 37.9 Å². The van der Waals surface area contributed by atoms with Gasteiger partial charge in [-0.2, -0.15) is 0 Å². The van der Waals surface area contributed by atoms with Crippen LogP contribution >= 0.6 is 0 Å². The van der Waals surface area contributed by atoms with Crippen LogP contribution in [0.25, 0.3) is 0 Å². The van der Waals surface area contributed by atoms with Gasteiger partial charge in [-0.3, -0.25) is 19.4 Å². The molecule has 0 aliphatic carbocycles. The number of anilines is 1. The van der Waals surface area contributed by atoms with Gasteiger partial charge in [-0.15, -0.1) is 6.42 Å². The summed E-state index contributed by atoms with van der Waals surface area (Å²) < 4.78 is 10.7. The number of nitrogens with zero attached hydrogens (tertiary/aromatic N) is 3. The predicted molar refractivity (Wildman–Crippen MR) is 142 cm³/mol. The number of amides is 2. The van der Waals surface area contributed by atoms with Crippen LogP contribution in [0.15, 0.2) is 66.7 Å². The maximum Gasteiger partial charge on any atom is 0.263 e. The number of benzene rings is 3. The summed E-state index contributed by atoms with van der Waals surface area (Å²) >= 11 is 0. The second kappa shape index (κ2) is 10.4. The first kappa shape index (κ1) is 24.4. The number of imide groups is 1. The molecule has 3 aromatic carbocycles. The third-order valence-corrected chi connectivity index (χ3v) is 7.06. The van der Waals surface area contributed by atoms with Crippen LogP contribution in [0.5, 0.6) is 11.5 Å². The molecule has 2 aliphatic heterocycles. The fraction of sp³-hybridized carbons (Fsp3) is 0.267. The molecule has 1 atom stereocenters. The molecular formula is C30H29N3O4. The van der Waals surface area contributed by atoms with Gasteiger partial charge in [-0.05, 0) is 35.4 Å². The molecule has 3 aromatic rings. The van der Waals surface area contributed by atoms with E-state index in [2.05, 4.69) is 27.9 Å². The number of carbonyl (C=O) groups is 2. The molecule has 0 saturated carbocycles. The van der Waals surface area contributed by atoms with Crippen LogP contribution in [0.2, 0.25) is 0 Å². The SMILES string of the molecule is C#CC(c1ccccc1)N1CCN(c2cccc3c2C(=O)N(Cc2ccc(OC)c(OC)c2)C3=O)CC1. The Morgan fingerprint density at radius 1 is 0.865 bits per heavy atom. The van der Waals surface area contributed by atoms with E-state index in [0.717, 1.165) is 29.9 Å². The quantitative estimate of drug-likeness (QED) is 0.365. The van der Waals surface area contributed by atoms with Crippen LogP contribution in [0.3, 0.4) is 0 Å². The van der Waals surface area contributed by atoms with Crippen molar-refractivity contribution in [1.29, 1.82) is 0 Å². The van der Waals surface area contributed by atoms with E-state index < -0.39 is 0 Å². The maximum absolute atomic E-state index is 13.5. The zero-order valence-electron chi connectivity index (χ0n) is 21.0. The normalized spacial score (nSPS) is 16.4. The molecule has 0 aromatic heterocycles. The van der Waals surface area contributed by atoms with Gasteiger partial charge < -0.3 is 14.4 Å². The molecule has 7 nitrogen and oxygen atoms in total. The summed E-state index contributed by atoms with van der Waals surface area (Å²) in [4.78, 5) is 32.6. The first-order valence-corrected chi connectivity index (χ1v) is 12.3. The van der Waals surface area contributed by atoms with Gasteiger partial charge in [0.1, 0.15) is 0 Å². The molecular weight excluding hydrogens is 466 g/mol. The minimum absolute atomic E-state index is 0.0926. The second-order valence-corrected chi connectivity index (χ2v) is 9.09. The molecule has 2 amide bonds. The smallest absolute Gasteiger partial charge is 0.263 e. The molecule has 0 bridgehead atoms. The lowest BCUT2D eigenvalue weighted by atomic mass is 10.0. The number of methoxy groups -OCH3 is 2. The van der Waals surface area contributed by atoms with Crippen molar-refractivity contribution in [2.75, 3.05) is 45.3 Å². The third kappa shape index (κ3) is 4.52. The van der Waals surface area contributed by atoms with Crippen molar-refractivity contribution in [3.05, 3.63) is 89.0 Å². The van der Waals surface area contributed by atoms with Crippen LogP contribution in [0.4, 0.5) is 5.69 Å². The summed E-state index contributed by atoms with van der Waals surface area (Å²) in [6, 6.07) is 20.9. The number of carbonyl (C=O) groups excluding carboxylic acids is 2. The number of ether oxygens (including phenoxy) is 2. The monoisotopic (exact) mass is 495 g/mol. The number of hydrogen-bond acceptors (Lipinski definition) is 6. The Morgan fingerprint density at radius 2 is 1.59 bits per heavy atom. The van der Waals surface area contributed by atoms with Gasteiger partial charge in [0.25, 0.3) is 11.8 Å². The van der Waals surface area contributed by atoms with Crippen molar-refractivity contribution >= 4 is 17.5 Å². The Morgan fingerprint density at radius 3 is 2.27 bits per heavy atom. The van der Waals surface area contributed by atoms with E-state index in [4.69, 9.17) is 15.9 Å². The minimum atomic E-state index is -0.285. The van der Waals surface area contributed by atoms with E-state index in [1.165, 1.54) is 4.90 Å². The zero-order valence-corrected chi connectivity index (χ0v) is 21.0. The molecule has 1 saturated heterocycles. The summed E-state index contributed by atoms with van der Waals surface area (Å²) in [5.41, 5.74) is 3.59. The predicted octanol–water partition coefficient (Wildman–Crippen LogP) is 4.00. The molecule has 5 rings (SSSR count). The second-order valence-electron chi connectivity index (χ2n) is 9.09. The fourth-order valence-corrected chi connectivity index (χ4v) is 5.15. The Hall–Kier alpha value is -4.28. The minimum Gasteiger partial charge on any atom is -0.493 e. The lowest BCUT2D eigenvalue weighted by Gasteiger charge is -2.39. The average Bonchev–Trinajstić information content (AvgIpc) is 3.19. The maximum atomic E-state index is 13.5. The van der Waals surface area contributed by atoms with Crippen LogP contribution < -0.4 is 14.4 Å². The highest BCUT2D eigenvalue weighted by Gasteiger charge is 2.39. The lowest BCUT2D eigenvalue weighted by Crippen LogP contribution is -2.47. The molecule has 2 aliphatic rings. The van der Waals surface area contributed by atoms with E-state index >= 15 is 0 Å². The summed E-state index contributed by atoms with van der Waals surface area (Å²) in [5.74, 6) is 3.51. The van der Waals surface area contributed by atoms with Crippen molar-refractivity contribution in [1.82, 2.24) is 9.80 Å². The number of rotatable bonds is 7. The van der Waals surface area contributed by atoms with Gasteiger partial charge in [-0.1, -0.05) is 48.4 Å². The number of piperazine rings is 1. The van der Waals surface area contributed by atoms with Gasteiger partial charge in [-0.25, -0.2) is 0 Å². The Balaban J connectivity index is 1.34. The van der Waals surface area contributed by atoms with Crippen LogP contribution in [-0.2, 0) is 6.54 Å². The Bertz CT molecular complexity index is 1360. The lowest BCUT2D eigenvalue weighted by molar-refractivity contribution is 0.0642. The molecule has 1 unspecified atom stereocenters. The zero-order chi connectivity index (χ0) is 25.9. The van der Waals surface area contributed by atoms with E-state index in [0.29, 0.717) is 35.7 Å². The van der Waals surface area contributed by atoms with Gasteiger partial charge in [0.2, 0.25) is 0 Å². The molecule has 37 heavy (non-hydrogen) atoms. The van der Waals surface area contributed by atoms with Crippen LogP contribution in [-0.4, -0.2) is 62.0 Å².